The molecule has 1 nitrogen and oxygen atoms in total. The summed E-state index contributed by atoms with van der Waals surface area (Å²) in [5.74, 6) is 0. The van der Waals surface area contributed by atoms with Crippen molar-refractivity contribution >= 4 is 0 Å². The minimum absolute atomic E-state index is 0.486. The summed E-state index contributed by atoms with van der Waals surface area (Å²) in [5.41, 5.74) is -2.59. The van der Waals surface area contributed by atoms with Crippen LogP contribution in [0.5, 0.6) is 0 Å². The lowest BCUT2D eigenvalue weighted by Gasteiger charge is -2.09. The molecule has 0 spiro atoms. The van der Waals surface area contributed by atoms with E-state index in [0.717, 1.165) is 0 Å². The fourth-order valence-electron chi connectivity index (χ4n) is 1.04. The first kappa shape index (κ1) is 11.4. The van der Waals surface area contributed by atoms with Crippen molar-refractivity contribution in [1.29, 1.82) is 5.26 Å². The van der Waals surface area contributed by atoms with E-state index in [4.69, 9.17) is 5.26 Å². The molecule has 0 fully saturated rings. The van der Waals surface area contributed by atoms with E-state index in [2.05, 4.69) is 0 Å². The molecule has 0 saturated carbocycles. The van der Waals surface area contributed by atoms with E-state index >= 15 is 0 Å². The van der Waals surface area contributed by atoms with E-state index in [1.165, 1.54) is 6.07 Å². The Hall–Kier alpha value is -1.64. The van der Waals surface area contributed by atoms with Gasteiger partial charge in [-0.2, -0.15) is 18.4 Å². The molecular weight excluding hydrogens is 217 g/mol. The minimum atomic E-state index is -4.70. The highest BCUT2D eigenvalue weighted by Crippen LogP contribution is 2.33. The molecule has 0 aliphatic carbocycles. The summed E-state index contributed by atoms with van der Waals surface area (Å²) >= 11 is 0. The molecule has 0 N–H and O–H groups in total. The van der Waals surface area contributed by atoms with Crippen LogP contribution in [0.15, 0.2) is 18.2 Å². The Bertz CT molecular complexity index is 402. The number of benzene rings is 1. The Kier molecular flexibility index (Phi) is 2.93. The van der Waals surface area contributed by atoms with Crippen LogP contribution in [-0.4, -0.2) is 0 Å². The fraction of sp³-hybridized carbons (Fsp3) is 0.222. The Morgan fingerprint density at radius 2 is 1.80 bits per heavy atom. The summed E-state index contributed by atoms with van der Waals surface area (Å²) in [5, 5.41) is 8.39. The third-order valence-corrected chi connectivity index (χ3v) is 1.72. The number of halogens is 5. The molecule has 15 heavy (non-hydrogen) atoms. The van der Waals surface area contributed by atoms with Crippen LogP contribution in [0, 0.1) is 11.3 Å². The largest absolute Gasteiger partial charge is 0.417 e. The predicted octanol–water partition coefficient (Wildman–Crippen LogP) is 3.51. The van der Waals surface area contributed by atoms with Crippen molar-refractivity contribution in [3.05, 3.63) is 34.9 Å². The maximum absolute atomic E-state index is 12.2. The quantitative estimate of drug-likeness (QED) is 0.665. The molecule has 1 rings (SSSR count). The molecule has 1 aromatic carbocycles. The molecule has 0 radical (unpaired) electrons. The predicted molar refractivity (Wildman–Crippen MR) is 41.1 cm³/mol. The summed E-state index contributed by atoms with van der Waals surface area (Å²) in [6, 6.07) is 2.94. The molecule has 6 heteroatoms. The zero-order valence-electron chi connectivity index (χ0n) is 7.15. The van der Waals surface area contributed by atoms with Crippen LogP contribution in [0.3, 0.4) is 0 Å². The lowest BCUT2D eigenvalue weighted by atomic mass is 10.0. The molecule has 0 aliphatic heterocycles. The van der Waals surface area contributed by atoms with Crippen LogP contribution in [0.25, 0.3) is 0 Å². The molecule has 0 aromatic heterocycles. The van der Waals surface area contributed by atoms with Crippen LogP contribution in [-0.2, 0) is 6.18 Å². The number of alkyl halides is 5. The Morgan fingerprint density at radius 1 is 1.20 bits per heavy atom. The topological polar surface area (TPSA) is 23.8 Å². The van der Waals surface area contributed by atoms with E-state index in [0.29, 0.717) is 18.2 Å². The highest BCUT2D eigenvalue weighted by atomic mass is 19.4. The monoisotopic (exact) mass is 221 g/mol. The van der Waals surface area contributed by atoms with Crippen LogP contribution < -0.4 is 0 Å². The van der Waals surface area contributed by atoms with E-state index < -0.39 is 29.3 Å². The van der Waals surface area contributed by atoms with Crippen molar-refractivity contribution < 1.29 is 22.0 Å². The van der Waals surface area contributed by atoms with Gasteiger partial charge >= 0.3 is 6.18 Å². The second-order valence-corrected chi connectivity index (χ2v) is 2.72. The van der Waals surface area contributed by atoms with Crippen molar-refractivity contribution in [3.63, 3.8) is 0 Å². The lowest BCUT2D eigenvalue weighted by molar-refractivity contribution is -0.137. The van der Waals surface area contributed by atoms with Crippen molar-refractivity contribution in [2.75, 3.05) is 0 Å². The minimum Gasteiger partial charge on any atom is -0.205 e. The normalized spacial score (nSPS) is 11.5. The Labute approximate surface area is 81.7 Å². The first-order chi connectivity index (χ1) is 6.86. The number of hydrogen-bond acceptors (Lipinski definition) is 1. The number of nitriles is 1. The first-order valence-electron chi connectivity index (χ1n) is 3.75. The molecule has 0 unspecified atom stereocenters. The van der Waals surface area contributed by atoms with Gasteiger partial charge in [-0.15, -0.1) is 0 Å². The summed E-state index contributed by atoms with van der Waals surface area (Å²) < 4.78 is 60.9. The lowest BCUT2D eigenvalue weighted by Crippen LogP contribution is -2.08. The molecule has 1 aromatic rings. The van der Waals surface area contributed by atoms with Crippen molar-refractivity contribution in [3.8, 4) is 6.07 Å². The molecule has 0 saturated heterocycles. The summed E-state index contributed by atoms with van der Waals surface area (Å²) in [6.07, 6.45) is -7.59. The smallest absolute Gasteiger partial charge is 0.205 e. The maximum atomic E-state index is 12.2. The average Bonchev–Trinajstić information content (AvgIpc) is 2.15. The zero-order chi connectivity index (χ0) is 11.6. The van der Waals surface area contributed by atoms with Crippen LogP contribution >= 0.6 is 0 Å². The van der Waals surface area contributed by atoms with Gasteiger partial charge in [0.25, 0.3) is 6.43 Å². The van der Waals surface area contributed by atoms with Gasteiger partial charge in [-0.25, -0.2) is 8.78 Å². The fourth-order valence-corrected chi connectivity index (χ4v) is 1.04. The highest BCUT2D eigenvalue weighted by molar-refractivity contribution is 5.42. The average molecular weight is 221 g/mol. The van der Waals surface area contributed by atoms with E-state index in [1.54, 1.807) is 0 Å². The van der Waals surface area contributed by atoms with Crippen molar-refractivity contribution in [1.82, 2.24) is 0 Å². The van der Waals surface area contributed by atoms with Crippen molar-refractivity contribution in [2.24, 2.45) is 0 Å². The molecule has 0 amide bonds. The van der Waals surface area contributed by atoms with Gasteiger partial charge in [-0.05, 0) is 12.1 Å². The number of rotatable bonds is 1. The molecule has 80 valence electrons. The van der Waals surface area contributed by atoms with Crippen LogP contribution in [0.1, 0.15) is 23.1 Å². The van der Waals surface area contributed by atoms with Crippen LogP contribution in [0.2, 0.25) is 0 Å². The molecule has 0 aliphatic rings. The standard InChI is InChI=1S/C9H4F5N/c10-8(11)5-1-2-7(9(12,13)14)6(3-5)4-15/h1-3,8H. The molecule has 0 heterocycles. The zero-order valence-corrected chi connectivity index (χ0v) is 7.15. The van der Waals surface area contributed by atoms with Gasteiger partial charge in [0, 0.05) is 5.56 Å². The van der Waals surface area contributed by atoms with Gasteiger partial charge < -0.3 is 0 Å². The summed E-state index contributed by atoms with van der Waals surface area (Å²) in [7, 11) is 0. The number of hydrogen-bond donors (Lipinski definition) is 0. The maximum Gasteiger partial charge on any atom is 0.417 e. The summed E-state index contributed by atoms with van der Waals surface area (Å²) in [4.78, 5) is 0. The van der Waals surface area contributed by atoms with Gasteiger partial charge in [0.2, 0.25) is 0 Å². The third-order valence-electron chi connectivity index (χ3n) is 1.72. The first-order valence-corrected chi connectivity index (χ1v) is 3.75. The number of nitrogens with zero attached hydrogens (tertiary/aromatic N) is 1. The van der Waals surface area contributed by atoms with Gasteiger partial charge in [-0.1, -0.05) is 6.07 Å². The van der Waals surface area contributed by atoms with Gasteiger partial charge in [0.1, 0.15) is 0 Å². The Balaban J connectivity index is 3.29. The third kappa shape index (κ3) is 2.43. The van der Waals surface area contributed by atoms with Crippen LogP contribution in [0.4, 0.5) is 22.0 Å². The second kappa shape index (κ2) is 3.85. The SMILES string of the molecule is N#Cc1cc(C(F)F)ccc1C(F)(F)F. The van der Waals surface area contributed by atoms with Gasteiger partial charge in [-0.3, -0.25) is 0 Å². The van der Waals surface area contributed by atoms with E-state index in [9.17, 15) is 22.0 Å². The van der Waals surface area contributed by atoms with E-state index in [-0.39, 0.29) is 0 Å². The summed E-state index contributed by atoms with van der Waals surface area (Å²) in [6.45, 7) is 0. The van der Waals surface area contributed by atoms with Gasteiger partial charge in [0.05, 0.1) is 17.2 Å². The molecule has 0 atom stereocenters. The Morgan fingerprint density at radius 3 is 2.20 bits per heavy atom. The molecular formula is C9H4F5N. The second-order valence-electron chi connectivity index (χ2n) is 2.72. The van der Waals surface area contributed by atoms with Crippen molar-refractivity contribution in [2.45, 2.75) is 12.6 Å². The van der Waals surface area contributed by atoms with E-state index in [1.807, 2.05) is 0 Å². The van der Waals surface area contributed by atoms with Gasteiger partial charge in [0.15, 0.2) is 0 Å². The highest BCUT2D eigenvalue weighted by Gasteiger charge is 2.33. The molecule has 0 bridgehead atoms.